The van der Waals surface area contributed by atoms with Crippen LogP contribution in [0.1, 0.15) is 33.1 Å². The molecular weight excluding hydrogens is 309 g/mol. The molecule has 0 N–H and O–H groups in total. The van der Waals surface area contributed by atoms with Crippen molar-refractivity contribution >= 4 is 5.97 Å². The Labute approximate surface area is 116 Å². The first-order valence-corrected chi connectivity index (χ1v) is 6.34. The molecule has 3 unspecified atom stereocenters. The molecule has 0 radical (unpaired) electrons. The number of hydrogen-bond acceptors (Lipinski definition) is 2. The molecule has 124 valence electrons. The second kappa shape index (κ2) is 5.64. The van der Waals surface area contributed by atoms with Crippen molar-refractivity contribution in [3.05, 3.63) is 0 Å². The Hall–Kier alpha value is -1.02. The van der Waals surface area contributed by atoms with Crippen LogP contribution in [0.15, 0.2) is 0 Å². The zero-order valence-electron chi connectivity index (χ0n) is 11.3. The Kier molecular flexibility index (Phi) is 4.84. The summed E-state index contributed by atoms with van der Waals surface area (Å²) in [5, 5.41) is 0. The Bertz CT molecular complexity index is 392. The molecule has 0 aromatic rings. The van der Waals surface area contributed by atoms with Crippen molar-refractivity contribution in [2.75, 3.05) is 0 Å². The van der Waals surface area contributed by atoms with Crippen LogP contribution in [0.2, 0.25) is 0 Å². The van der Waals surface area contributed by atoms with Crippen LogP contribution in [-0.2, 0) is 9.53 Å². The Morgan fingerprint density at radius 2 is 1.48 bits per heavy atom. The topological polar surface area (TPSA) is 26.3 Å². The van der Waals surface area contributed by atoms with Gasteiger partial charge in [0.1, 0.15) is 6.10 Å². The van der Waals surface area contributed by atoms with Crippen LogP contribution < -0.4 is 0 Å². The molecule has 0 aliphatic heterocycles. The molecule has 1 rings (SSSR count). The smallest absolute Gasteiger partial charge is 0.458 e. The number of halogens is 7. The molecule has 0 spiro atoms. The standard InChI is InChI=1S/C12H15F7O2/c1-6-3-4-8(5-7(6)2)21-9(20)10(13,14)11(15,16)12(17,18)19/h6-8H,3-5H2,1-2H3. The molecule has 0 aromatic heterocycles. The summed E-state index contributed by atoms with van der Waals surface area (Å²) in [6.45, 7) is 3.64. The normalized spacial score (nSPS) is 28.3. The molecule has 1 aliphatic rings. The van der Waals surface area contributed by atoms with Gasteiger partial charge in [0.05, 0.1) is 0 Å². The summed E-state index contributed by atoms with van der Waals surface area (Å²) in [7, 11) is 0. The van der Waals surface area contributed by atoms with E-state index in [4.69, 9.17) is 0 Å². The number of ether oxygens (including phenoxy) is 1. The van der Waals surface area contributed by atoms with Crippen LogP contribution in [0.5, 0.6) is 0 Å². The number of hydrogen-bond donors (Lipinski definition) is 0. The van der Waals surface area contributed by atoms with Crippen molar-refractivity contribution < 1.29 is 40.3 Å². The summed E-state index contributed by atoms with van der Waals surface area (Å²) >= 11 is 0. The van der Waals surface area contributed by atoms with Crippen molar-refractivity contribution in [2.45, 2.75) is 57.2 Å². The molecule has 3 atom stereocenters. The highest BCUT2D eigenvalue weighted by atomic mass is 19.4. The van der Waals surface area contributed by atoms with E-state index < -0.39 is 30.1 Å². The first-order valence-electron chi connectivity index (χ1n) is 6.34. The number of esters is 1. The van der Waals surface area contributed by atoms with E-state index in [9.17, 15) is 35.5 Å². The zero-order chi connectivity index (χ0) is 16.6. The first kappa shape index (κ1) is 18.0. The van der Waals surface area contributed by atoms with E-state index in [0.717, 1.165) is 0 Å². The molecule has 0 aromatic carbocycles. The van der Waals surface area contributed by atoms with Gasteiger partial charge in [-0.25, -0.2) is 4.79 Å². The summed E-state index contributed by atoms with van der Waals surface area (Å²) < 4.78 is 91.5. The van der Waals surface area contributed by atoms with Crippen molar-refractivity contribution in [3.8, 4) is 0 Å². The fraction of sp³-hybridized carbons (Fsp3) is 0.917. The Balaban J connectivity index is 2.79. The molecule has 2 nitrogen and oxygen atoms in total. The highest BCUT2D eigenvalue weighted by Gasteiger charge is 2.77. The second-order valence-corrected chi connectivity index (χ2v) is 5.44. The largest absolute Gasteiger partial charge is 0.460 e. The molecule has 0 heterocycles. The van der Waals surface area contributed by atoms with Gasteiger partial charge < -0.3 is 4.74 Å². The number of rotatable bonds is 3. The highest BCUT2D eigenvalue weighted by molar-refractivity contribution is 5.79. The minimum atomic E-state index is -6.54. The van der Waals surface area contributed by atoms with Gasteiger partial charge >= 0.3 is 24.0 Å². The lowest BCUT2D eigenvalue weighted by molar-refractivity contribution is -0.349. The Morgan fingerprint density at radius 1 is 0.952 bits per heavy atom. The van der Waals surface area contributed by atoms with E-state index in [1.54, 1.807) is 6.92 Å². The zero-order valence-corrected chi connectivity index (χ0v) is 11.3. The van der Waals surface area contributed by atoms with Crippen molar-refractivity contribution in [1.82, 2.24) is 0 Å². The molecule has 9 heteroatoms. The van der Waals surface area contributed by atoms with E-state index in [1.807, 2.05) is 6.92 Å². The van der Waals surface area contributed by atoms with Gasteiger partial charge in [-0.05, 0) is 31.1 Å². The van der Waals surface area contributed by atoms with Crippen LogP contribution in [-0.4, -0.2) is 30.1 Å². The summed E-state index contributed by atoms with van der Waals surface area (Å²) in [5.41, 5.74) is 0. The lowest BCUT2D eigenvalue weighted by atomic mass is 9.80. The van der Waals surface area contributed by atoms with E-state index in [2.05, 4.69) is 4.74 Å². The summed E-state index contributed by atoms with van der Waals surface area (Å²) in [5.74, 6) is -15.0. The number of carbonyl (C=O) groups excluding carboxylic acids is 1. The predicted octanol–water partition coefficient (Wildman–Crippen LogP) is 4.19. The van der Waals surface area contributed by atoms with Gasteiger partial charge in [-0.15, -0.1) is 0 Å². The molecule has 1 fully saturated rings. The van der Waals surface area contributed by atoms with Crippen molar-refractivity contribution in [3.63, 3.8) is 0 Å². The molecule has 0 saturated heterocycles. The molecule has 1 saturated carbocycles. The fourth-order valence-electron chi connectivity index (χ4n) is 2.14. The minimum Gasteiger partial charge on any atom is -0.458 e. The van der Waals surface area contributed by atoms with E-state index in [1.165, 1.54) is 0 Å². The van der Waals surface area contributed by atoms with Gasteiger partial charge in [0.25, 0.3) is 0 Å². The first-order chi connectivity index (χ1) is 9.30. The quantitative estimate of drug-likeness (QED) is 0.575. The third-order valence-corrected chi connectivity index (χ3v) is 3.83. The van der Waals surface area contributed by atoms with Crippen molar-refractivity contribution in [1.29, 1.82) is 0 Å². The number of carbonyl (C=O) groups is 1. The van der Waals surface area contributed by atoms with E-state index in [0.29, 0.717) is 6.42 Å². The van der Waals surface area contributed by atoms with Gasteiger partial charge in [-0.1, -0.05) is 13.8 Å². The Morgan fingerprint density at radius 3 is 1.90 bits per heavy atom. The third-order valence-electron chi connectivity index (χ3n) is 3.83. The summed E-state index contributed by atoms with van der Waals surface area (Å²) in [6.07, 6.45) is -6.78. The van der Waals surface area contributed by atoms with Crippen molar-refractivity contribution in [2.24, 2.45) is 11.8 Å². The molecule has 0 bridgehead atoms. The molecule has 0 amide bonds. The van der Waals surface area contributed by atoms with Crippen LogP contribution >= 0.6 is 0 Å². The van der Waals surface area contributed by atoms with Gasteiger partial charge in [-0.3, -0.25) is 0 Å². The number of alkyl halides is 7. The summed E-state index contributed by atoms with van der Waals surface area (Å²) in [4.78, 5) is 11.1. The maximum absolute atomic E-state index is 13.1. The average molecular weight is 324 g/mol. The molecule has 1 aliphatic carbocycles. The van der Waals surface area contributed by atoms with Crippen LogP contribution in [0.4, 0.5) is 30.7 Å². The maximum Gasteiger partial charge on any atom is 0.460 e. The predicted molar refractivity (Wildman–Crippen MR) is 58.0 cm³/mol. The maximum atomic E-state index is 13.1. The van der Waals surface area contributed by atoms with Gasteiger partial charge in [0.2, 0.25) is 0 Å². The van der Waals surface area contributed by atoms with Gasteiger partial charge in [0, 0.05) is 0 Å². The lowest BCUT2D eigenvalue weighted by Crippen LogP contribution is -2.57. The van der Waals surface area contributed by atoms with Crippen LogP contribution in [0.25, 0.3) is 0 Å². The third kappa shape index (κ3) is 3.42. The fourth-order valence-corrected chi connectivity index (χ4v) is 2.14. The van der Waals surface area contributed by atoms with Crippen LogP contribution in [0.3, 0.4) is 0 Å². The van der Waals surface area contributed by atoms with E-state index in [-0.39, 0.29) is 24.7 Å². The summed E-state index contributed by atoms with van der Waals surface area (Å²) in [6, 6.07) is 0. The minimum absolute atomic E-state index is 0.00620. The van der Waals surface area contributed by atoms with Gasteiger partial charge in [-0.2, -0.15) is 30.7 Å². The molecular formula is C12H15F7O2. The van der Waals surface area contributed by atoms with Gasteiger partial charge in [0.15, 0.2) is 0 Å². The monoisotopic (exact) mass is 324 g/mol. The van der Waals surface area contributed by atoms with E-state index >= 15 is 0 Å². The van der Waals surface area contributed by atoms with Crippen LogP contribution in [0, 0.1) is 11.8 Å². The SMILES string of the molecule is CC1CCC(OC(=O)C(F)(F)C(F)(F)C(F)(F)F)CC1C. The lowest BCUT2D eigenvalue weighted by Gasteiger charge is -2.33. The molecule has 21 heavy (non-hydrogen) atoms. The highest BCUT2D eigenvalue weighted by Crippen LogP contribution is 2.47. The second-order valence-electron chi connectivity index (χ2n) is 5.44. The average Bonchev–Trinajstić information content (AvgIpc) is 2.32.